The highest BCUT2D eigenvalue weighted by Crippen LogP contribution is 2.47. The maximum atomic E-state index is 12.7. The summed E-state index contributed by atoms with van der Waals surface area (Å²) >= 11 is 0. The van der Waals surface area contributed by atoms with Gasteiger partial charge in [0.05, 0.1) is 12.8 Å². The number of allylic oxidation sites excluding steroid dienone is 1. The van der Waals surface area contributed by atoms with Gasteiger partial charge in [0.2, 0.25) is 14.1 Å². The van der Waals surface area contributed by atoms with Gasteiger partial charge in [0, 0.05) is 4.90 Å². The maximum absolute atomic E-state index is 12.7. The summed E-state index contributed by atoms with van der Waals surface area (Å²) in [7, 11) is -2.21. The summed E-state index contributed by atoms with van der Waals surface area (Å²) in [6.07, 6.45) is 2.72. The second-order valence-corrected chi connectivity index (χ2v) is 14.5. The summed E-state index contributed by atoms with van der Waals surface area (Å²) in [6, 6.07) is 0. The molecule has 2 heterocycles. The molecule has 0 amide bonds. The lowest BCUT2D eigenvalue weighted by molar-refractivity contribution is -0.796. The Kier molecular flexibility index (Phi) is 5.70. The van der Waals surface area contributed by atoms with Crippen molar-refractivity contribution in [1.29, 1.82) is 0 Å². The third-order valence-electron chi connectivity index (χ3n) is 6.46. The van der Waals surface area contributed by atoms with Gasteiger partial charge in [-0.3, -0.25) is 10.0 Å². The molecule has 3 aliphatic rings. The molecule has 3 rings (SSSR count). The minimum absolute atomic E-state index is 0.0603. The highest BCUT2D eigenvalue weighted by atomic mass is 28.4. The van der Waals surface area contributed by atoms with Crippen LogP contribution in [-0.4, -0.2) is 55.3 Å². The van der Waals surface area contributed by atoms with Gasteiger partial charge in [0.25, 0.3) is 5.71 Å². The Hall–Kier alpha value is -1.71. The van der Waals surface area contributed by atoms with E-state index in [2.05, 4.69) is 41.5 Å². The first-order valence-electron chi connectivity index (χ1n) is 10.2. The zero-order valence-corrected chi connectivity index (χ0v) is 19.0. The Labute approximate surface area is 172 Å². The molecule has 1 fully saturated rings. The molecule has 29 heavy (non-hydrogen) atoms. The van der Waals surface area contributed by atoms with Crippen LogP contribution in [0.25, 0.3) is 0 Å². The Bertz CT molecular complexity index is 738. The molecular formula is C20H31NO7Si. The Morgan fingerprint density at radius 3 is 2.34 bits per heavy atom. The summed E-state index contributed by atoms with van der Waals surface area (Å²) in [5.41, 5.74) is 0.0406. The van der Waals surface area contributed by atoms with Crippen LogP contribution in [0.4, 0.5) is 0 Å². The molecule has 9 heteroatoms. The molecule has 0 radical (unpaired) electrons. The minimum atomic E-state index is -2.21. The molecule has 0 spiro atoms. The third-order valence-corrected chi connectivity index (χ3v) is 12.5. The third kappa shape index (κ3) is 3.42. The van der Waals surface area contributed by atoms with Crippen LogP contribution in [-0.2, 0) is 28.3 Å². The number of hydrogen-bond acceptors (Lipinski definition) is 7. The van der Waals surface area contributed by atoms with Gasteiger partial charge in [-0.15, -0.1) is 0 Å². The summed E-state index contributed by atoms with van der Waals surface area (Å²) in [5, 5.41) is 12.7. The predicted molar refractivity (Wildman–Crippen MR) is 108 cm³/mol. The van der Waals surface area contributed by atoms with E-state index in [9.17, 15) is 14.8 Å². The van der Waals surface area contributed by atoms with E-state index in [-0.39, 0.29) is 31.8 Å². The summed E-state index contributed by atoms with van der Waals surface area (Å²) in [5.74, 6) is -2.43. The molecule has 1 aliphatic carbocycles. The van der Waals surface area contributed by atoms with Gasteiger partial charge in [0.15, 0.2) is 11.4 Å². The normalized spacial score (nSPS) is 29.8. The molecular weight excluding hydrogens is 394 g/mol. The molecule has 2 atom stereocenters. The number of hydrogen-bond donors (Lipinski definition) is 0. The zero-order valence-electron chi connectivity index (χ0n) is 18.0. The first-order valence-corrected chi connectivity index (χ1v) is 12.3. The van der Waals surface area contributed by atoms with Crippen molar-refractivity contribution in [2.24, 2.45) is 0 Å². The molecule has 162 valence electrons. The molecule has 0 saturated carbocycles. The number of carbonyl (C=O) groups is 2. The van der Waals surface area contributed by atoms with Gasteiger partial charge in [0.1, 0.15) is 13.2 Å². The fourth-order valence-corrected chi connectivity index (χ4v) is 10.6. The molecule has 0 N–H and O–H groups in total. The number of rotatable bonds is 6. The summed E-state index contributed by atoms with van der Waals surface area (Å²) < 4.78 is 17.7. The topological polar surface area (TPSA) is 97.1 Å². The Balaban J connectivity index is 1.92. The average Bonchev–Trinajstić information content (AvgIpc) is 2.61. The fourth-order valence-electron chi connectivity index (χ4n) is 5.23. The lowest BCUT2D eigenvalue weighted by Crippen LogP contribution is -2.69. The highest BCUT2D eigenvalue weighted by Gasteiger charge is 2.64. The Morgan fingerprint density at radius 2 is 1.76 bits per heavy atom. The first-order chi connectivity index (χ1) is 13.5. The van der Waals surface area contributed by atoms with Crippen molar-refractivity contribution in [2.45, 2.75) is 82.4 Å². The first kappa shape index (κ1) is 22.0. The van der Waals surface area contributed by atoms with Crippen LogP contribution in [0.2, 0.25) is 16.6 Å². The van der Waals surface area contributed by atoms with Crippen molar-refractivity contribution in [3.8, 4) is 0 Å². The van der Waals surface area contributed by atoms with Gasteiger partial charge in [-0.2, -0.15) is 0 Å². The van der Waals surface area contributed by atoms with Crippen LogP contribution in [0.5, 0.6) is 0 Å². The lowest BCUT2D eigenvalue weighted by Gasteiger charge is -2.53. The van der Waals surface area contributed by atoms with E-state index in [1.54, 1.807) is 0 Å². The molecule has 0 aromatic rings. The van der Waals surface area contributed by atoms with Crippen molar-refractivity contribution in [2.75, 3.05) is 13.2 Å². The van der Waals surface area contributed by atoms with Crippen molar-refractivity contribution in [3.05, 3.63) is 17.4 Å². The number of nitrogens with zero attached hydrogens (tertiary/aromatic N) is 1. The quantitative estimate of drug-likeness (QED) is 0.366. The van der Waals surface area contributed by atoms with Crippen molar-refractivity contribution in [3.63, 3.8) is 0 Å². The second-order valence-electron chi connectivity index (χ2n) is 9.08. The number of carbonyl (C=O) groups excluding carboxylic acids is 2. The van der Waals surface area contributed by atoms with Crippen molar-refractivity contribution >= 4 is 25.8 Å². The predicted octanol–water partition coefficient (Wildman–Crippen LogP) is 3.00. The van der Waals surface area contributed by atoms with E-state index < -0.39 is 25.7 Å². The van der Waals surface area contributed by atoms with Crippen LogP contribution >= 0.6 is 0 Å². The number of ketones is 1. The van der Waals surface area contributed by atoms with Gasteiger partial charge < -0.3 is 18.7 Å². The van der Waals surface area contributed by atoms with Crippen molar-refractivity contribution in [1.82, 2.24) is 0 Å². The standard InChI is InChI=1S/C20H31NO7Si/c1-13(2)29(14(3)4,15(5)6)26-11-16-9-19-8-7-17(22)10-20(19,28-21(16)24)25-12-18(23)27-19/h7-8,13-15H,9-12H2,1-6H3/t19-,20+/m1/s1. The zero-order chi connectivity index (χ0) is 21.6. The van der Waals surface area contributed by atoms with Crippen molar-refractivity contribution < 1.29 is 33.2 Å². The van der Waals surface area contributed by atoms with E-state index >= 15 is 0 Å². The van der Waals surface area contributed by atoms with Crippen LogP contribution < -0.4 is 0 Å². The highest BCUT2D eigenvalue weighted by molar-refractivity contribution is 6.77. The van der Waals surface area contributed by atoms with Crippen LogP contribution in [0.3, 0.4) is 0 Å². The second kappa shape index (κ2) is 7.52. The average molecular weight is 426 g/mol. The number of ether oxygens (including phenoxy) is 2. The van der Waals surface area contributed by atoms with Crippen LogP contribution in [0.1, 0.15) is 54.4 Å². The maximum Gasteiger partial charge on any atom is 0.333 e. The molecule has 0 unspecified atom stereocenters. The van der Waals surface area contributed by atoms with Crippen LogP contribution in [0, 0.1) is 5.21 Å². The molecule has 0 aromatic carbocycles. The van der Waals surface area contributed by atoms with E-state index in [1.807, 2.05) is 0 Å². The van der Waals surface area contributed by atoms with Gasteiger partial charge in [-0.1, -0.05) is 41.5 Å². The molecule has 0 bridgehead atoms. The molecule has 0 aromatic heterocycles. The smallest absolute Gasteiger partial charge is 0.333 e. The summed E-state index contributed by atoms with van der Waals surface area (Å²) in [4.78, 5) is 29.9. The van der Waals surface area contributed by atoms with Gasteiger partial charge >= 0.3 is 5.97 Å². The minimum Gasteiger partial charge on any atom is -0.448 e. The van der Waals surface area contributed by atoms with E-state index in [0.717, 1.165) is 0 Å². The summed E-state index contributed by atoms with van der Waals surface area (Å²) in [6.45, 7) is 12.7. The monoisotopic (exact) mass is 425 g/mol. The lowest BCUT2D eigenvalue weighted by atomic mass is 9.78. The largest absolute Gasteiger partial charge is 0.448 e. The SMILES string of the molecule is CC(C)[Si](OCC1=[N+]([O-])O[C@@]23CC(=O)C=C[C@]2(C1)OC(=O)CO3)(C(C)C)C(C)C. The van der Waals surface area contributed by atoms with E-state index in [4.69, 9.17) is 18.7 Å². The van der Waals surface area contributed by atoms with Gasteiger partial charge in [-0.25, -0.2) is 4.79 Å². The molecule has 2 aliphatic heterocycles. The Morgan fingerprint density at radius 1 is 1.14 bits per heavy atom. The van der Waals surface area contributed by atoms with Crippen LogP contribution in [0.15, 0.2) is 12.2 Å². The molecule has 8 nitrogen and oxygen atoms in total. The van der Waals surface area contributed by atoms with E-state index in [0.29, 0.717) is 27.2 Å². The fraction of sp³-hybridized carbons (Fsp3) is 0.750. The van der Waals surface area contributed by atoms with Gasteiger partial charge in [-0.05, 0) is 28.8 Å². The molecule has 1 saturated heterocycles. The van der Waals surface area contributed by atoms with E-state index in [1.165, 1.54) is 12.2 Å². The number of esters is 1.